The van der Waals surface area contributed by atoms with Crippen LogP contribution in [0, 0.1) is 19.8 Å². The molecule has 0 aromatic carbocycles. The number of amides is 1. The summed E-state index contributed by atoms with van der Waals surface area (Å²) in [6.07, 6.45) is 1.06. The smallest absolute Gasteiger partial charge is 0.241 e. The van der Waals surface area contributed by atoms with Crippen molar-refractivity contribution in [3.05, 3.63) is 23.5 Å². The van der Waals surface area contributed by atoms with Gasteiger partial charge in [-0.25, -0.2) is 0 Å². The Morgan fingerprint density at radius 1 is 1.47 bits per heavy atom. The molecule has 0 saturated carbocycles. The number of aromatic nitrogens is 1. The van der Waals surface area contributed by atoms with Crippen LogP contribution in [0.5, 0.6) is 0 Å². The van der Waals surface area contributed by atoms with Gasteiger partial charge in [-0.05, 0) is 44.9 Å². The first kappa shape index (κ1) is 12.0. The number of nitrogens with zero attached hydrogens (tertiary/aromatic N) is 1. The number of nitrogens with one attached hydrogen (secondary N) is 2. The van der Waals surface area contributed by atoms with Crippen LogP contribution in [-0.4, -0.2) is 23.5 Å². The van der Waals surface area contributed by atoms with Crippen LogP contribution >= 0.6 is 0 Å². The minimum absolute atomic E-state index is 0.0451. The second-order valence-electron chi connectivity index (χ2n) is 4.77. The fourth-order valence-electron chi connectivity index (χ4n) is 2.21. The Kier molecular flexibility index (Phi) is 3.43. The van der Waals surface area contributed by atoms with E-state index < -0.39 is 0 Å². The Morgan fingerprint density at radius 2 is 2.24 bits per heavy atom. The van der Waals surface area contributed by atoms with Gasteiger partial charge in [0.15, 0.2) is 0 Å². The van der Waals surface area contributed by atoms with Crippen molar-refractivity contribution in [2.24, 2.45) is 5.92 Å². The zero-order chi connectivity index (χ0) is 12.4. The first-order valence-corrected chi connectivity index (χ1v) is 6.06. The van der Waals surface area contributed by atoms with Crippen molar-refractivity contribution in [2.75, 3.05) is 11.9 Å². The summed E-state index contributed by atoms with van der Waals surface area (Å²) >= 11 is 0. The summed E-state index contributed by atoms with van der Waals surface area (Å²) in [6.45, 7) is 6.88. The second kappa shape index (κ2) is 4.84. The zero-order valence-corrected chi connectivity index (χ0v) is 10.6. The van der Waals surface area contributed by atoms with Crippen LogP contribution < -0.4 is 10.6 Å². The molecule has 2 unspecified atom stereocenters. The number of carbonyl (C=O) groups excluding carboxylic acids is 1. The van der Waals surface area contributed by atoms with Gasteiger partial charge in [0.1, 0.15) is 0 Å². The van der Waals surface area contributed by atoms with Crippen LogP contribution in [0.1, 0.15) is 24.7 Å². The maximum atomic E-state index is 12.1. The number of pyridine rings is 1. The number of anilines is 1. The molecule has 2 N–H and O–H groups in total. The molecule has 1 aromatic rings. The number of hydrogen-bond donors (Lipinski definition) is 2. The fourth-order valence-corrected chi connectivity index (χ4v) is 2.21. The van der Waals surface area contributed by atoms with E-state index in [1.54, 1.807) is 0 Å². The molecule has 2 heterocycles. The van der Waals surface area contributed by atoms with Crippen molar-refractivity contribution in [3.8, 4) is 0 Å². The van der Waals surface area contributed by atoms with E-state index in [2.05, 4.69) is 22.5 Å². The van der Waals surface area contributed by atoms with E-state index in [4.69, 9.17) is 0 Å². The standard InChI is InChI=1S/C13H19N3O/c1-8-6-7-14-12(8)13(17)16-11-5-4-9(2)15-10(11)3/h4-5,8,12,14H,6-7H2,1-3H3,(H,16,17). The Hall–Kier alpha value is -1.42. The van der Waals surface area contributed by atoms with Gasteiger partial charge < -0.3 is 10.6 Å². The van der Waals surface area contributed by atoms with Crippen molar-refractivity contribution < 1.29 is 4.79 Å². The largest absolute Gasteiger partial charge is 0.323 e. The lowest BCUT2D eigenvalue weighted by atomic mass is 10.0. The quantitative estimate of drug-likeness (QED) is 0.816. The van der Waals surface area contributed by atoms with Crippen molar-refractivity contribution in [1.29, 1.82) is 0 Å². The van der Waals surface area contributed by atoms with E-state index >= 15 is 0 Å². The summed E-state index contributed by atoms with van der Waals surface area (Å²) in [4.78, 5) is 16.4. The van der Waals surface area contributed by atoms with Crippen LogP contribution in [0.15, 0.2) is 12.1 Å². The van der Waals surface area contributed by atoms with Crippen molar-refractivity contribution in [2.45, 2.75) is 33.2 Å². The normalized spacial score (nSPS) is 23.7. The Morgan fingerprint density at radius 3 is 2.82 bits per heavy atom. The van der Waals surface area contributed by atoms with Gasteiger partial charge in [-0.1, -0.05) is 6.92 Å². The topological polar surface area (TPSA) is 54.0 Å². The van der Waals surface area contributed by atoms with Gasteiger partial charge in [-0.3, -0.25) is 9.78 Å². The molecule has 0 aliphatic carbocycles. The molecular formula is C13H19N3O. The summed E-state index contributed by atoms with van der Waals surface area (Å²) in [7, 11) is 0. The average Bonchev–Trinajstić information content (AvgIpc) is 2.68. The summed E-state index contributed by atoms with van der Waals surface area (Å²) in [5.74, 6) is 0.442. The molecule has 1 aromatic heterocycles. The van der Waals surface area contributed by atoms with Gasteiger partial charge in [0.25, 0.3) is 0 Å². The molecule has 2 atom stereocenters. The molecule has 1 fully saturated rings. The van der Waals surface area contributed by atoms with E-state index in [0.717, 1.165) is 30.0 Å². The average molecular weight is 233 g/mol. The summed E-state index contributed by atoms with van der Waals surface area (Å²) in [5.41, 5.74) is 2.64. The predicted octanol–water partition coefficient (Wildman–Crippen LogP) is 1.63. The Balaban J connectivity index is 2.07. The van der Waals surface area contributed by atoms with E-state index in [9.17, 15) is 4.79 Å². The maximum absolute atomic E-state index is 12.1. The minimum atomic E-state index is -0.0734. The Bertz CT molecular complexity index is 431. The van der Waals surface area contributed by atoms with Gasteiger partial charge >= 0.3 is 0 Å². The van der Waals surface area contributed by atoms with E-state index in [1.807, 2.05) is 26.0 Å². The maximum Gasteiger partial charge on any atom is 0.241 e. The van der Waals surface area contributed by atoms with E-state index in [0.29, 0.717) is 5.92 Å². The third-order valence-electron chi connectivity index (χ3n) is 3.30. The minimum Gasteiger partial charge on any atom is -0.323 e. The third kappa shape index (κ3) is 2.64. The second-order valence-corrected chi connectivity index (χ2v) is 4.77. The van der Waals surface area contributed by atoms with Gasteiger partial charge in [0.2, 0.25) is 5.91 Å². The van der Waals surface area contributed by atoms with Crippen molar-refractivity contribution in [3.63, 3.8) is 0 Å². The number of aryl methyl sites for hydroxylation is 2. The predicted molar refractivity (Wildman–Crippen MR) is 67.9 cm³/mol. The third-order valence-corrected chi connectivity index (χ3v) is 3.30. The van der Waals surface area contributed by atoms with Gasteiger partial charge in [0.05, 0.1) is 17.4 Å². The van der Waals surface area contributed by atoms with Gasteiger partial charge in [-0.15, -0.1) is 0 Å². The molecule has 1 saturated heterocycles. The SMILES string of the molecule is Cc1ccc(NC(=O)C2NCCC2C)c(C)n1. The monoisotopic (exact) mass is 233 g/mol. The van der Waals surface area contributed by atoms with Crippen LogP contribution in [0.3, 0.4) is 0 Å². The lowest BCUT2D eigenvalue weighted by Gasteiger charge is -2.16. The van der Waals surface area contributed by atoms with Crippen LogP contribution in [0.4, 0.5) is 5.69 Å². The van der Waals surface area contributed by atoms with Gasteiger partial charge in [-0.2, -0.15) is 0 Å². The number of rotatable bonds is 2. The molecule has 17 heavy (non-hydrogen) atoms. The number of hydrogen-bond acceptors (Lipinski definition) is 3. The van der Waals surface area contributed by atoms with Gasteiger partial charge in [0, 0.05) is 5.69 Å². The first-order chi connectivity index (χ1) is 8.08. The molecular weight excluding hydrogens is 214 g/mol. The molecule has 0 radical (unpaired) electrons. The lowest BCUT2D eigenvalue weighted by molar-refractivity contribution is -0.118. The highest BCUT2D eigenvalue weighted by Crippen LogP contribution is 2.18. The highest BCUT2D eigenvalue weighted by atomic mass is 16.2. The highest BCUT2D eigenvalue weighted by molar-refractivity contribution is 5.95. The lowest BCUT2D eigenvalue weighted by Crippen LogP contribution is -2.39. The molecule has 0 spiro atoms. The molecule has 0 bridgehead atoms. The van der Waals surface area contributed by atoms with Crippen molar-refractivity contribution >= 4 is 11.6 Å². The van der Waals surface area contributed by atoms with Crippen molar-refractivity contribution in [1.82, 2.24) is 10.3 Å². The van der Waals surface area contributed by atoms with E-state index in [1.165, 1.54) is 0 Å². The summed E-state index contributed by atoms with van der Waals surface area (Å²) in [5, 5.41) is 6.17. The highest BCUT2D eigenvalue weighted by Gasteiger charge is 2.29. The molecule has 1 aliphatic heterocycles. The molecule has 4 nitrogen and oxygen atoms in total. The fraction of sp³-hybridized carbons (Fsp3) is 0.538. The zero-order valence-electron chi connectivity index (χ0n) is 10.6. The van der Waals surface area contributed by atoms with E-state index in [-0.39, 0.29) is 11.9 Å². The molecule has 92 valence electrons. The first-order valence-electron chi connectivity index (χ1n) is 6.06. The number of carbonyl (C=O) groups is 1. The molecule has 1 amide bonds. The van der Waals surface area contributed by atoms with Crippen LogP contribution in [0.25, 0.3) is 0 Å². The Labute approximate surface area is 102 Å². The molecule has 2 rings (SSSR count). The van der Waals surface area contributed by atoms with Crippen LogP contribution in [0.2, 0.25) is 0 Å². The molecule has 4 heteroatoms. The van der Waals surface area contributed by atoms with Crippen LogP contribution in [-0.2, 0) is 4.79 Å². The summed E-state index contributed by atoms with van der Waals surface area (Å²) < 4.78 is 0. The summed E-state index contributed by atoms with van der Waals surface area (Å²) in [6, 6.07) is 3.75. The molecule has 1 aliphatic rings.